The van der Waals surface area contributed by atoms with E-state index in [4.69, 9.17) is 5.73 Å². The molecule has 3 aromatic rings. The molecule has 1 aliphatic heterocycles. The van der Waals surface area contributed by atoms with Crippen LogP contribution in [0.1, 0.15) is 29.2 Å². The van der Waals surface area contributed by atoms with Crippen LogP contribution in [0.3, 0.4) is 0 Å². The Bertz CT molecular complexity index is 957. The number of carbonyl (C=O) groups is 1. The van der Waals surface area contributed by atoms with Gasteiger partial charge >= 0.3 is 0 Å². The van der Waals surface area contributed by atoms with Gasteiger partial charge in [0.25, 0.3) is 0 Å². The zero-order chi connectivity index (χ0) is 22.2. The van der Waals surface area contributed by atoms with Gasteiger partial charge in [-0.15, -0.1) is 0 Å². The second-order valence-corrected chi connectivity index (χ2v) is 8.24. The fraction of sp³-hybridized carbons (Fsp3) is 0.250. The summed E-state index contributed by atoms with van der Waals surface area (Å²) in [5.74, 6) is 0.0401. The van der Waals surface area contributed by atoms with E-state index in [1.807, 2.05) is 47.4 Å². The first-order chi connectivity index (χ1) is 15.7. The number of rotatable bonds is 7. The minimum atomic E-state index is -0.499. The number of carbonyl (C=O) groups excluding carboxylic acids is 1. The van der Waals surface area contributed by atoms with E-state index in [1.165, 1.54) is 11.1 Å². The van der Waals surface area contributed by atoms with E-state index in [0.29, 0.717) is 19.5 Å². The van der Waals surface area contributed by atoms with Gasteiger partial charge in [0, 0.05) is 26.2 Å². The molecule has 4 rings (SSSR count). The maximum Gasteiger partial charge on any atom is 0.239 e. The van der Waals surface area contributed by atoms with Crippen LogP contribution in [0.25, 0.3) is 6.08 Å². The number of nitrogens with two attached hydrogens (primary N) is 1. The topological polar surface area (TPSA) is 49.6 Å². The summed E-state index contributed by atoms with van der Waals surface area (Å²) < 4.78 is 0. The van der Waals surface area contributed by atoms with E-state index >= 15 is 0 Å². The van der Waals surface area contributed by atoms with Gasteiger partial charge in [-0.1, -0.05) is 103 Å². The zero-order valence-electron chi connectivity index (χ0n) is 18.4. The van der Waals surface area contributed by atoms with E-state index in [0.717, 1.165) is 18.7 Å². The summed E-state index contributed by atoms with van der Waals surface area (Å²) >= 11 is 0. The van der Waals surface area contributed by atoms with Crippen molar-refractivity contribution in [1.82, 2.24) is 9.80 Å². The van der Waals surface area contributed by atoms with Crippen molar-refractivity contribution >= 4 is 12.0 Å². The van der Waals surface area contributed by atoms with Crippen molar-refractivity contribution in [3.63, 3.8) is 0 Å². The predicted molar refractivity (Wildman–Crippen MR) is 131 cm³/mol. The normalized spacial score (nSPS) is 15.9. The van der Waals surface area contributed by atoms with Crippen LogP contribution in [-0.2, 0) is 4.79 Å². The molecule has 0 spiro atoms. The molecule has 0 saturated carbocycles. The second kappa shape index (κ2) is 10.9. The molecule has 1 atom stereocenters. The molecule has 2 N–H and O–H groups in total. The molecule has 0 aliphatic carbocycles. The lowest BCUT2D eigenvalue weighted by atomic mass is 9.96. The van der Waals surface area contributed by atoms with E-state index in [2.05, 4.69) is 65.6 Å². The Morgan fingerprint density at radius 2 is 1.28 bits per heavy atom. The maximum atomic E-state index is 12.9. The lowest BCUT2D eigenvalue weighted by Crippen LogP contribution is -2.53. The Morgan fingerprint density at radius 3 is 1.81 bits per heavy atom. The van der Waals surface area contributed by atoms with Crippen molar-refractivity contribution in [2.24, 2.45) is 5.73 Å². The molecule has 4 nitrogen and oxygen atoms in total. The summed E-state index contributed by atoms with van der Waals surface area (Å²) in [7, 11) is 0. The third-order valence-electron chi connectivity index (χ3n) is 6.04. The van der Waals surface area contributed by atoms with Crippen molar-refractivity contribution in [3.8, 4) is 0 Å². The molecular weight excluding hydrogens is 394 g/mol. The van der Waals surface area contributed by atoms with Crippen LogP contribution >= 0.6 is 0 Å². The maximum absolute atomic E-state index is 12.9. The van der Waals surface area contributed by atoms with Gasteiger partial charge in [-0.25, -0.2) is 0 Å². The van der Waals surface area contributed by atoms with Gasteiger partial charge in [-0.3, -0.25) is 9.69 Å². The fourth-order valence-corrected chi connectivity index (χ4v) is 4.34. The van der Waals surface area contributed by atoms with Gasteiger partial charge in [0.1, 0.15) is 0 Å². The van der Waals surface area contributed by atoms with E-state index in [1.54, 1.807) is 0 Å². The van der Waals surface area contributed by atoms with Gasteiger partial charge < -0.3 is 10.6 Å². The first-order valence-electron chi connectivity index (χ1n) is 11.3. The van der Waals surface area contributed by atoms with Crippen LogP contribution in [0.4, 0.5) is 0 Å². The smallest absolute Gasteiger partial charge is 0.239 e. The van der Waals surface area contributed by atoms with Crippen LogP contribution < -0.4 is 5.73 Å². The SMILES string of the molecule is NC(C/C=C/c1ccccc1)C(=O)N1CCN(C(c2ccccc2)c2ccccc2)CC1. The molecule has 32 heavy (non-hydrogen) atoms. The van der Waals surface area contributed by atoms with Crippen molar-refractivity contribution in [2.45, 2.75) is 18.5 Å². The highest BCUT2D eigenvalue weighted by Crippen LogP contribution is 2.29. The Labute approximate surface area is 191 Å². The highest BCUT2D eigenvalue weighted by Gasteiger charge is 2.29. The number of piperazine rings is 1. The number of hydrogen-bond acceptors (Lipinski definition) is 3. The average molecular weight is 426 g/mol. The van der Waals surface area contributed by atoms with Crippen molar-refractivity contribution in [3.05, 3.63) is 114 Å². The first kappa shape index (κ1) is 22.0. The molecule has 1 heterocycles. The van der Waals surface area contributed by atoms with Gasteiger partial charge in [-0.2, -0.15) is 0 Å². The van der Waals surface area contributed by atoms with Crippen LogP contribution in [0.15, 0.2) is 97.1 Å². The minimum absolute atomic E-state index is 0.0401. The highest BCUT2D eigenvalue weighted by atomic mass is 16.2. The average Bonchev–Trinajstić information content (AvgIpc) is 2.86. The molecule has 1 unspecified atom stereocenters. The van der Waals surface area contributed by atoms with Gasteiger partial charge in [0.2, 0.25) is 5.91 Å². The molecule has 1 saturated heterocycles. The van der Waals surface area contributed by atoms with Crippen molar-refractivity contribution < 1.29 is 4.79 Å². The third-order valence-corrected chi connectivity index (χ3v) is 6.04. The molecule has 1 aliphatic rings. The molecule has 0 aromatic heterocycles. The van der Waals surface area contributed by atoms with Crippen LogP contribution in [-0.4, -0.2) is 47.9 Å². The Kier molecular flexibility index (Phi) is 7.49. The number of nitrogens with zero attached hydrogens (tertiary/aromatic N) is 2. The van der Waals surface area contributed by atoms with E-state index < -0.39 is 6.04 Å². The van der Waals surface area contributed by atoms with Gasteiger partial charge in [0.15, 0.2) is 0 Å². The molecule has 0 bridgehead atoms. The fourth-order valence-electron chi connectivity index (χ4n) is 4.34. The van der Waals surface area contributed by atoms with Gasteiger partial charge in [-0.05, 0) is 23.1 Å². The molecule has 1 fully saturated rings. The lowest BCUT2D eigenvalue weighted by molar-refractivity contribution is -0.134. The Hall–Kier alpha value is -3.21. The van der Waals surface area contributed by atoms with Crippen LogP contribution in [0.2, 0.25) is 0 Å². The Morgan fingerprint density at radius 1 is 0.781 bits per heavy atom. The monoisotopic (exact) mass is 425 g/mol. The van der Waals surface area contributed by atoms with E-state index in [-0.39, 0.29) is 11.9 Å². The molecule has 0 radical (unpaired) electrons. The largest absolute Gasteiger partial charge is 0.339 e. The van der Waals surface area contributed by atoms with Crippen molar-refractivity contribution in [2.75, 3.05) is 26.2 Å². The highest BCUT2D eigenvalue weighted by molar-refractivity contribution is 5.82. The molecule has 3 aromatic carbocycles. The molecular formula is C28H31N3O. The van der Waals surface area contributed by atoms with Crippen LogP contribution in [0, 0.1) is 0 Å². The summed E-state index contributed by atoms with van der Waals surface area (Å²) in [5, 5.41) is 0. The molecule has 1 amide bonds. The van der Waals surface area contributed by atoms with Crippen molar-refractivity contribution in [1.29, 1.82) is 0 Å². The summed E-state index contributed by atoms with van der Waals surface area (Å²) in [6.07, 6.45) is 4.56. The zero-order valence-corrected chi connectivity index (χ0v) is 18.4. The summed E-state index contributed by atoms with van der Waals surface area (Å²) in [5.41, 5.74) is 9.91. The minimum Gasteiger partial charge on any atom is -0.339 e. The number of hydrogen-bond donors (Lipinski definition) is 1. The number of amides is 1. The molecule has 4 heteroatoms. The third kappa shape index (κ3) is 5.52. The number of benzene rings is 3. The summed E-state index contributed by atoms with van der Waals surface area (Å²) in [6, 6.07) is 31.0. The first-order valence-corrected chi connectivity index (χ1v) is 11.3. The van der Waals surface area contributed by atoms with Gasteiger partial charge in [0.05, 0.1) is 12.1 Å². The Balaban J connectivity index is 1.37. The lowest BCUT2D eigenvalue weighted by Gasteiger charge is -2.40. The summed E-state index contributed by atoms with van der Waals surface area (Å²) in [4.78, 5) is 17.3. The summed E-state index contributed by atoms with van der Waals surface area (Å²) in [6.45, 7) is 3.05. The predicted octanol–water partition coefficient (Wildman–Crippen LogP) is 4.35. The second-order valence-electron chi connectivity index (χ2n) is 8.24. The van der Waals surface area contributed by atoms with E-state index in [9.17, 15) is 4.79 Å². The van der Waals surface area contributed by atoms with Crippen LogP contribution in [0.5, 0.6) is 0 Å². The standard InChI is InChI=1S/C28H31N3O/c29-26(18-10-13-23-11-4-1-5-12-23)28(32)31-21-19-30(20-22-31)27(24-14-6-2-7-15-24)25-16-8-3-9-17-25/h1-17,26-27H,18-22,29H2/b13-10+. The molecule has 164 valence electrons. The quantitative estimate of drug-likeness (QED) is 0.612.